The van der Waals surface area contributed by atoms with Crippen molar-refractivity contribution < 1.29 is 23.9 Å². The number of carbonyl (C=O) groups excluding carboxylic acids is 3. The molecular weight excluding hydrogens is 308 g/mol. The van der Waals surface area contributed by atoms with E-state index < -0.39 is 11.5 Å². The summed E-state index contributed by atoms with van der Waals surface area (Å²) in [5, 5.41) is 0. The minimum atomic E-state index is -0.478. The van der Waals surface area contributed by atoms with Gasteiger partial charge >= 0.3 is 11.9 Å². The average Bonchev–Trinajstić information content (AvgIpc) is 2.50. The fourth-order valence-corrected chi connectivity index (χ4v) is 6.19. The molecule has 0 saturated heterocycles. The molecule has 7 atom stereocenters. The molecule has 4 rings (SSSR count). The lowest BCUT2D eigenvalue weighted by atomic mass is 9.35. The molecule has 5 nitrogen and oxygen atoms in total. The molecule has 0 heterocycles. The van der Waals surface area contributed by atoms with Crippen LogP contribution in [0.5, 0.6) is 0 Å². The molecule has 0 aromatic rings. The second-order valence-electron chi connectivity index (χ2n) is 8.77. The number of ether oxygens (including phenoxy) is 2. The van der Waals surface area contributed by atoms with Crippen molar-refractivity contribution >= 4 is 17.7 Å². The number of Topliss-reactive ketones (excluding diaryl/α,β-unsaturated/α-hetero) is 1. The van der Waals surface area contributed by atoms with Gasteiger partial charge in [-0.25, -0.2) is 0 Å². The van der Waals surface area contributed by atoms with E-state index in [-0.39, 0.29) is 53.4 Å². The lowest BCUT2D eigenvalue weighted by molar-refractivity contribution is -0.255. The maximum Gasteiger partial charge on any atom is 0.302 e. The van der Waals surface area contributed by atoms with Gasteiger partial charge in [0, 0.05) is 37.0 Å². The minimum absolute atomic E-state index is 0.0191. The zero-order chi connectivity index (χ0) is 18.0. The molecule has 0 aliphatic heterocycles. The van der Waals surface area contributed by atoms with Gasteiger partial charge in [-0.2, -0.15) is 0 Å². The van der Waals surface area contributed by atoms with Crippen LogP contribution in [-0.4, -0.2) is 29.9 Å². The molecule has 0 aromatic carbocycles. The normalized spacial score (nSPS) is 45.7. The van der Waals surface area contributed by atoms with Gasteiger partial charge < -0.3 is 9.47 Å². The van der Waals surface area contributed by atoms with Crippen LogP contribution in [0.25, 0.3) is 0 Å². The predicted octanol–water partition coefficient (Wildman–Crippen LogP) is 2.76. The molecule has 134 valence electrons. The van der Waals surface area contributed by atoms with E-state index in [1.165, 1.54) is 13.8 Å². The predicted molar refractivity (Wildman–Crippen MR) is 86.9 cm³/mol. The Bertz CT molecular complexity index is 595. The van der Waals surface area contributed by atoms with Crippen LogP contribution >= 0.6 is 0 Å². The molecule has 0 spiro atoms. The molecular formula is C19H28O5. The summed E-state index contributed by atoms with van der Waals surface area (Å²) in [5.41, 5.74) is -0.797. The maximum atomic E-state index is 13.1. The fraction of sp³-hybridized carbons (Fsp3) is 0.842. The summed E-state index contributed by atoms with van der Waals surface area (Å²) in [4.78, 5) is 36.2. The number of esters is 2. The monoisotopic (exact) mass is 336 g/mol. The topological polar surface area (TPSA) is 69.7 Å². The van der Waals surface area contributed by atoms with E-state index in [9.17, 15) is 14.4 Å². The van der Waals surface area contributed by atoms with Gasteiger partial charge in [-0.3, -0.25) is 14.4 Å². The van der Waals surface area contributed by atoms with E-state index >= 15 is 0 Å². The second-order valence-corrected chi connectivity index (χ2v) is 8.77. The van der Waals surface area contributed by atoms with Crippen LogP contribution in [0.15, 0.2) is 0 Å². The Morgan fingerprint density at radius 1 is 1.00 bits per heavy atom. The highest BCUT2D eigenvalue weighted by Crippen LogP contribution is 2.73. The van der Waals surface area contributed by atoms with Crippen LogP contribution in [0.4, 0.5) is 0 Å². The van der Waals surface area contributed by atoms with Crippen molar-refractivity contribution in [3.05, 3.63) is 0 Å². The molecule has 4 fully saturated rings. The summed E-state index contributed by atoms with van der Waals surface area (Å²) in [6.45, 7) is 11.2. The maximum absolute atomic E-state index is 13.1. The Morgan fingerprint density at radius 3 is 2.12 bits per heavy atom. The van der Waals surface area contributed by atoms with Crippen molar-refractivity contribution in [1.82, 2.24) is 0 Å². The molecule has 4 saturated carbocycles. The highest BCUT2D eigenvalue weighted by atomic mass is 16.5. The number of hydrogen-bond acceptors (Lipinski definition) is 5. The van der Waals surface area contributed by atoms with Gasteiger partial charge in [0.1, 0.15) is 18.0 Å². The Morgan fingerprint density at radius 2 is 1.58 bits per heavy atom. The molecule has 4 aliphatic rings. The van der Waals surface area contributed by atoms with Gasteiger partial charge in [0.15, 0.2) is 0 Å². The van der Waals surface area contributed by atoms with Crippen molar-refractivity contribution in [3.63, 3.8) is 0 Å². The van der Waals surface area contributed by atoms with Gasteiger partial charge in [-0.15, -0.1) is 0 Å². The van der Waals surface area contributed by atoms with Crippen LogP contribution in [-0.2, 0) is 23.9 Å². The smallest absolute Gasteiger partial charge is 0.302 e. The lowest BCUT2D eigenvalue weighted by Gasteiger charge is -2.69. The van der Waals surface area contributed by atoms with Crippen molar-refractivity contribution in [2.75, 3.05) is 0 Å². The summed E-state index contributed by atoms with van der Waals surface area (Å²) in [6, 6.07) is 0. The summed E-state index contributed by atoms with van der Waals surface area (Å²) < 4.78 is 11.2. The van der Waals surface area contributed by atoms with Gasteiger partial charge in [-0.05, 0) is 24.2 Å². The molecule has 0 radical (unpaired) electrons. The van der Waals surface area contributed by atoms with Gasteiger partial charge in [0.05, 0.1) is 0 Å². The summed E-state index contributed by atoms with van der Waals surface area (Å²) in [6.07, 6.45) is 0.427. The third kappa shape index (κ3) is 2.16. The first-order valence-electron chi connectivity index (χ1n) is 8.89. The summed E-state index contributed by atoms with van der Waals surface area (Å²) in [5.74, 6) is 0.303. The van der Waals surface area contributed by atoms with Crippen molar-refractivity contribution in [3.8, 4) is 0 Å². The van der Waals surface area contributed by atoms with E-state index in [1.54, 1.807) is 0 Å². The third-order valence-corrected chi connectivity index (χ3v) is 7.06. The zero-order valence-electron chi connectivity index (χ0n) is 15.4. The largest absolute Gasteiger partial charge is 0.462 e. The van der Waals surface area contributed by atoms with Gasteiger partial charge in [-0.1, -0.05) is 27.7 Å². The molecule has 0 unspecified atom stereocenters. The molecule has 24 heavy (non-hydrogen) atoms. The summed E-state index contributed by atoms with van der Waals surface area (Å²) >= 11 is 0. The van der Waals surface area contributed by atoms with Crippen LogP contribution in [0.3, 0.4) is 0 Å². The average molecular weight is 336 g/mol. The Kier molecular flexibility index (Phi) is 3.85. The number of ketones is 1. The van der Waals surface area contributed by atoms with Crippen LogP contribution in [0, 0.1) is 34.5 Å². The van der Waals surface area contributed by atoms with Gasteiger partial charge in [0.25, 0.3) is 0 Å². The first-order valence-corrected chi connectivity index (χ1v) is 8.89. The number of carbonyl (C=O) groups is 3. The van der Waals surface area contributed by atoms with Crippen molar-refractivity contribution in [2.24, 2.45) is 34.5 Å². The fourth-order valence-electron chi connectivity index (χ4n) is 6.19. The SMILES string of the molecule is CC(=O)O[C@@H]1C[C@H](C)[C@H]2[C@@H]3[C@@H]1[C@]2(C)C(=O)C[C@@H](OC(C)=O)C3(C)C. The van der Waals surface area contributed by atoms with Crippen LogP contribution in [0.2, 0.25) is 0 Å². The molecule has 0 aromatic heterocycles. The number of hydrogen-bond donors (Lipinski definition) is 0. The van der Waals surface area contributed by atoms with Crippen molar-refractivity contribution in [1.29, 1.82) is 0 Å². The van der Waals surface area contributed by atoms with E-state index in [1.807, 2.05) is 6.92 Å². The highest BCUT2D eigenvalue weighted by molar-refractivity contribution is 5.88. The minimum Gasteiger partial charge on any atom is -0.462 e. The Hall–Kier alpha value is -1.39. The highest BCUT2D eigenvalue weighted by Gasteiger charge is 2.75. The Labute approximate surface area is 143 Å². The molecule has 4 bridgehead atoms. The quantitative estimate of drug-likeness (QED) is 0.725. The third-order valence-electron chi connectivity index (χ3n) is 7.06. The lowest BCUT2D eigenvalue weighted by Crippen LogP contribution is -2.71. The van der Waals surface area contributed by atoms with Crippen molar-refractivity contribution in [2.45, 2.75) is 66.6 Å². The molecule has 5 heteroatoms. The van der Waals surface area contributed by atoms with Crippen LogP contribution in [0.1, 0.15) is 54.4 Å². The van der Waals surface area contributed by atoms with Gasteiger partial charge in [0.2, 0.25) is 0 Å². The van der Waals surface area contributed by atoms with E-state index in [0.29, 0.717) is 5.92 Å². The number of rotatable bonds is 2. The Balaban J connectivity index is 2.04. The van der Waals surface area contributed by atoms with E-state index in [4.69, 9.17) is 9.47 Å². The van der Waals surface area contributed by atoms with E-state index in [2.05, 4.69) is 20.8 Å². The van der Waals surface area contributed by atoms with E-state index in [0.717, 1.165) is 6.42 Å². The molecule has 0 N–H and O–H groups in total. The first kappa shape index (κ1) is 17.4. The standard InChI is InChI=1S/C19H28O5/c1-9-7-12(23-10(2)20)16-17-15(9)19(16,6)13(22)8-14(18(17,4)5)24-11(3)21/h9,12,14-17H,7-8H2,1-6H3/t9-,12+,14+,15-,16+,17+,19+/m0/s1. The molecule has 0 amide bonds. The number of fused-ring (bicyclic) bond motifs is 2. The summed E-state index contributed by atoms with van der Waals surface area (Å²) in [7, 11) is 0. The second kappa shape index (κ2) is 5.30. The molecule has 4 aliphatic carbocycles. The van der Waals surface area contributed by atoms with Crippen LogP contribution < -0.4 is 0 Å². The first-order chi connectivity index (χ1) is 11.0. The zero-order valence-corrected chi connectivity index (χ0v) is 15.4.